The maximum absolute atomic E-state index is 12.4. The summed E-state index contributed by atoms with van der Waals surface area (Å²) in [7, 11) is 0. The molecule has 1 amide bonds. The van der Waals surface area contributed by atoms with Gasteiger partial charge in [0.2, 0.25) is 5.91 Å². The Kier molecular flexibility index (Phi) is 6.44. The van der Waals surface area contributed by atoms with Crippen molar-refractivity contribution < 1.29 is 4.79 Å². The molecule has 1 aliphatic carbocycles. The van der Waals surface area contributed by atoms with Crippen molar-refractivity contribution in [1.82, 2.24) is 25.1 Å². The Morgan fingerprint density at radius 1 is 1.42 bits per heavy atom. The van der Waals surface area contributed by atoms with Gasteiger partial charge in [0.15, 0.2) is 11.0 Å². The summed E-state index contributed by atoms with van der Waals surface area (Å²) >= 11 is 1.41. The van der Waals surface area contributed by atoms with Crippen LogP contribution in [0.2, 0.25) is 0 Å². The Morgan fingerprint density at radius 2 is 2.27 bits per heavy atom. The molecular formula is C19H25N5OS. The van der Waals surface area contributed by atoms with Crippen LogP contribution in [0, 0.1) is 5.92 Å². The SMILES string of the molecule is C=CCn1c(SCC(=O)N[C@@H]2CCCC[C@H]2C)nnc1-c1cccnc1. The Morgan fingerprint density at radius 3 is 3.00 bits per heavy atom. The molecule has 26 heavy (non-hydrogen) atoms. The van der Waals surface area contributed by atoms with Crippen molar-refractivity contribution >= 4 is 17.7 Å². The van der Waals surface area contributed by atoms with E-state index in [1.165, 1.54) is 31.0 Å². The molecule has 0 radical (unpaired) electrons. The van der Waals surface area contributed by atoms with Gasteiger partial charge in [-0.3, -0.25) is 14.3 Å². The number of hydrogen-bond donors (Lipinski definition) is 1. The quantitative estimate of drug-likeness (QED) is 0.597. The third-order valence-corrected chi connectivity index (χ3v) is 5.71. The van der Waals surface area contributed by atoms with Crippen LogP contribution < -0.4 is 5.32 Å². The van der Waals surface area contributed by atoms with Gasteiger partial charge in [-0.2, -0.15) is 0 Å². The van der Waals surface area contributed by atoms with E-state index < -0.39 is 0 Å². The minimum atomic E-state index is 0.0600. The fourth-order valence-corrected chi connectivity index (χ4v) is 4.07. The van der Waals surface area contributed by atoms with Crippen molar-refractivity contribution in [2.75, 3.05) is 5.75 Å². The number of aromatic nitrogens is 4. The number of rotatable bonds is 7. The summed E-state index contributed by atoms with van der Waals surface area (Å²) in [6, 6.07) is 4.12. The van der Waals surface area contributed by atoms with Crippen LogP contribution in [-0.2, 0) is 11.3 Å². The highest BCUT2D eigenvalue weighted by molar-refractivity contribution is 7.99. The second kappa shape index (κ2) is 8.98. The molecule has 1 aliphatic rings. The van der Waals surface area contributed by atoms with Gasteiger partial charge in [-0.1, -0.05) is 37.6 Å². The van der Waals surface area contributed by atoms with Crippen molar-refractivity contribution in [1.29, 1.82) is 0 Å². The molecule has 0 spiro atoms. The molecule has 1 fully saturated rings. The Hall–Kier alpha value is -2.15. The van der Waals surface area contributed by atoms with Gasteiger partial charge < -0.3 is 5.32 Å². The van der Waals surface area contributed by atoms with Gasteiger partial charge in [0.1, 0.15) is 0 Å². The van der Waals surface area contributed by atoms with E-state index in [1.54, 1.807) is 18.5 Å². The van der Waals surface area contributed by atoms with Crippen molar-refractivity contribution in [3.8, 4) is 11.4 Å². The number of pyridine rings is 1. The molecule has 3 rings (SSSR count). The summed E-state index contributed by atoms with van der Waals surface area (Å²) in [4.78, 5) is 16.5. The zero-order valence-corrected chi connectivity index (χ0v) is 15.9. The molecule has 138 valence electrons. The molecule has 6 nitrogen and oxygen atoms in total. The van der Waals surface area contributed by atoms with Gasteiger partial charge in [-0.25, -0.2) is 0 Å². The topological polar surface area (TPSA) is 72.7 Å². The number of thioether (sulfide) groups is 1. The number of nitrogens with zero attached hydrogens (tertiary/aromatic N) is 4. The first kappa shape index (κ1) is 18.6. The first-order valence-electron chi connectivity index (χ1n) is 9.05. The second-order valence-corrected chi connectivity index (χ2v) is 7.61. The van der Waals surface area contributed by atoms with Crippen LogP contribution in [-0.4, -0.2) is 37.5 Å². The maximum Gasteiger partial charge on any atom is 0.230 e. The lowest BCUT2D eigenvalue weighted by Crippen LogP contribution is -2.41. The van der Waals surface area contributed by atoms with Crippen LogP contribution >= 0.6 is 11.8 Å². The number of allylic oxidation sites excluding steroid dienone is 1. The van der Waals surface area contributed by atoms with Crippen LogP contribution in [0.3, 0.4) is 0 Å². The second-order valence-electron chi connectivity index (χ2n) is 6.67. The molecule has 2 aromatic heterocycles. The van der Waals surface area contributed by atoms with E-state index in [4.69, 9.17) is 0 Å². The zero-order valence-electron chi connectivity index (χ0n) is 15.1. The molecule has 2 aromatic rings. The third-order valence-electron chi connectivity index (χ3n) is 4.74. The van der Waals surface area contributed by atoms with Gasteiger partial charge in [0, 0.05) is 30.5 Å². The Labute approximate surface area is 158 Å². The fraction of sp³-hybridized carbons (Fsp3) is 0.474. The molecule has 0 aliphatic heterocycles. The van der Waals surface area contributed by atoms with Crippen LogP contribution in [0.15, 0.2) is 42.3 Å². The number of carbonyl (C=O) groups is 1. The van der Waals surface area contributed by atoms with E-state index in [1.807, 2.05) is 16.7 Å². The maximum atomic E-state index is 12.4. The van der Waals surface area contributed by atoms with Crippen LogP contribution in [0.4, 0.5) is 0 Å². The average molecular weight is 372 g/mol. The zero-order chi connectivity index (χ0) is 18.4. The van der Waals surface area contributed by atoms with E-state index in [9.17, 15) is 4.79 Å². The number of hydrogen-bond acceptors (Lipinski definition) is 5. The summed E-state index contributed by atoms with van der Waals surface area (Å²) in [5.41, 5.74) is 0.897. The third kappa shape index (κ3) is 4.52. The molecule has 0 bridgehead atoms. The van der Waals surface area contributed by atoms with E-state index >= 15 is 0 Å². The normalized spacial score (nSPS) is 19.9. The monoisotopic (exact) mass is 371 g/mol. The summed E-state index contributed by atoms with van der Waals surface area (Å²) in [6.07, 6.45) is 10.0. The molecule has 1 N–H and O–H groups in total. The first-order chi connectivity index (χ1) is 12.7. The minimum Gasteiger partial charge on any atom is -0.352 e. The molecule has 0 unspecified atom stereocenters. The predicted molar refractivity (Wildman–Crippen MR) is 104 cm³/mol. The van der Waals surface area contributed by atoms with Gasteiger partial charge in [-0.15, -0.1) is 16.8 Å². The van der Waals surface area contributed by atoms with Crippen LogP contribution in [0.1, 0.15) is 32.6 Å². The summed E-state index contributed by atoms with van der Waals surface area (Å²) < 4.78 is 1.96. The largest absolute Gasteiger partial charge is 0.352 e. The lowest BCUT2D eigenvalue weighted by Gasteiger charge is -2.29. The minimum absolute atomic E-state index is 0.0600. The van der Waals surface area contributed by atoms with E-state index in [-0.39, 0.29) is 5.91 Å². The first-order valence-corrected chi connectivity index (χ1v) is 10.0. The molecule has 7 heteroatoms. The molecule has 2 heterocycles. The highest BCUT2D eigenvalue weighted by Crippen LogP contribution is 2.25. The standard InChI is InChI=1S/C19H25N5OS/c1-3-11-24-18(15-8-6-10-20-12-15)22-23-19(24)26-13-17(25)21-16-9-5-4-7-14(16)2/h3,6,8,10,12,14,16H,1,4-5,7,9,11,13H2,2H3,(H,21,25)/t14-,16-/m1/s1. The lowest BCUT2D eigenvalue weighted by atomic mass is 9.86. The van der Waals surface area contributed by atoms with Crippen molar-refractivity contribution in [2.24, 2.45) is 5.92 Å². The van der Waals surface area contributed by atoms with Gasteiger partial charge in [0.25, 0.3) is 0 Å². The number of amides is 1. The molecule has 0 aromatic carbocycles. The van der Waals surface area contributed by atoms with Crippen molar-refractivity contribution in [3.63, 3.8) is 0 Å². The van der Waals surface area contributed by atoms with E-state index in [2.05, 4.69) is 34.0 Å². The Bertz CT molecular complexity index is 746. The van der Waals surface area contributed by atoms with Crippen molar-refractivity contribution in [2.45, 2.75) is 50.4 Å². The molecule has 2 atom stereocenters. The summed E-state index contributed by atoms with van der Waals surface area (Å²) in [5, 5.41) is 12.4. The van der Waals surface area contributed by atoms with Crippen LogP contribution in [0.5, 0.6) is 0 Å². The van der Waals surface area contributed by atoms with Gasteiger partial charge >= 0.3 is 0 Å². The van der Waals surface area contributed by atoms with Crippen LogP contribution in [0.25, 0.3) is 11.4 Å². The van der Waals surface area contributed by atoms with Gasteiger partial charge in [-0.05, 0) is 30.9 Å². The fourth-order valence-electron chi connectivity index (χ4n) is 3.31. The van der Waals surface area contributed by atoms with E-state index in [0.29, 0.717) is 24.3 Å². The Balaban J connectivity index is 1.65. The molecular weight excluding hydrogens is 346 g/mol. The number of carbonyl (C=O) groups excluding carboxylic acids is 1. The highest BCUT2D eigenvalue weighted by atomic mass is 32.2. The molecule has 0 saturated heterocycles. The van der Waals surface area contributed by atoms with E-state index in [0.717, 1.165) is 23.0 Å². The average Bonchev–Trinajstić information content (AvgIpc) is 3.06. The smallest absolute Gasteiger partial charge is 0.230 e. The predicted octanol–water partition coefficient (Wildman–Crippen LogP) is 3.31. The number of nitrogens with one attached hydrogen (secondary N) is 1. The summed E-state index contributed by atoms with van der Waals surface area (Å²) in [5.74, 6) is 1.69. The molecule has 1 saturated carbocycles. The van der Waals surface area contributed by atoms with Gasteiger partial charge in [0.05, 0.1) is 5.75 Å². The van der Waals surface area contributed by atoms with Crippen molar-refractivity contribution in [3.05, 3.63) is 37.2 Å². The summed E-state index contributed by atoms with van der Waals surface area (Å²) in [6.45, 7) is 6.62. The highest BCUT2D eigenvalue weighted by Gasteiger charge is 2.23. The lowest BCUT2D eigenvalue weighted by molar-refractivity contribution is -0.119.